The van der Waals surface area contributed by atoms with Crippen molar-refractivity contribution < 1.29 is 9.90 Å². The van der Waals surface area contributed by atoms with Gasteiger partial charge in [0.25, 0.3) is 0 Å². The van der Waals surface area contributed by atoms with Crippen molar-refractivity contribution in [3.05, 3.63) is 29.6 Å². The molecule has 2 aromatic rings. The molecular formula is C16H22N2O2. The number of hydrogen-bond donors (Lipinski definition) is 1. The highest BCUT2D eigenvalue weighted by Gasteiger charge is 2.19. The molecule has 1 N–H and O–H groups in total. The Labute approximate surface area is 119 Å². The fraction of sp³-hybridized carbons (Fsp3) is 0.500. The van der Waals surface area contributed by atoms with Crippen LogP contribution in [0.4, 0.5) is 0 Å². The minimum atomic E-state index is -0.907. The van der Waals surface area contributed by atoms with E-state index in [4.69, 9.17) is 5.11 Å². The molecule has 108 valence electrons. The van der Waals surface area contributed by atoms with Crippen molar-refractivity contribution in [2.45, 2.75) is 52.5 Å². The van der Waals surface area contributed by atoms with Crippen LogP contribution in [0.15, 0.2) is 18.2 Å². The van der Waals surface area contributed by atoms with Crippen molar-refractivity contribution in [3.63, 3.8) is 0 Å². The molecule has 0 bridgehead atoms. The van der Waals surface area contributed by atoms with Crippen LogP contribution in [0.2, 0.25) is 0 Å². The number of imidazole rings is 1. The monoisotopic (exact) mass is 274 g/mol. The van der Waals surface area contributed by atoms with E-state index >= 15 is 0 Å². The summed E-state index contributed by atoms with van der Waals surface area (Å²) in [6, 6.07) is 5.63. The average Bonchev–Trinajstić information content (AvgIpc) is 2.79. The molecule has 1 heterocycles. The maximum absolute atomic E-state index is 11.1. The normalized spacial score (nSPS) is 11.7. The average molecular weight is 274 g/mol. The Morgan fingerprint density at radius 2 is 1.95 bits per heavy atom. The van der Waals surface area contributed by atoms with Crippen molar-refractivity contribution in [1.82, 2.24) is 9.55 Å². The summed E-state index contributed by atoms with van der Waals surface area (Å²) in [6.45, 7) is 8.60. The van der Waals surface area contributed by atoms with Gasteiger partial charge in [-0.05, 0) is 31.0 Å². The number of aromatic nitrogens is 2. The number of hydrogen-bond acceptors (Lipinski definition) is 2. The highest BCUT2D eigenvalue weighted by atomic mass is 16.4. The minimum Gasteiger partial charge on any atom is -0.478 e. The third-order valence-electron chi connectivity index (χ3n) is 3.79. The summed E-state index contributed by atoms with van der Waals surface area (Å²) in [5.74, 6) is 0.447. The van der Waals surface area contributed by atoms with Gasteiger partial charge in [-0.25, -0.2) is 9.78 Å². The van der Waals surface area contributed by atoms with Gasteiger partial charge in [-0.2, -0.15) is 0 Å². The SMILES string of the molecule is CCC(CC)n1c(C(C)C)nc2cc(C(=O)O)ccc21. The Balaban J connectivity index is 2.69. The van der Waals surface area contributed by atoms with Crippen LogP contribution in [0, 0.1) is 0 Å². The van der Waals surface area contributed by atoms with Crippen molar-refractivity contribution >= 4 is 17.0 Å². The van der Waals surface area contributed by atoms with Gasteiger partial charge < -0.3 is 9.67 Å². The van der Waals surface area contributed by atoms with E-state index in [1.165, 1.54) is 0 Å². The van der Waals surface area contributed by atoms with Gasteiger partial charge in [0.05, 0.1) is 16.6 Å². The molecule has 1 aromatic carbocycles. The van der Waals surface area contributed by atoms with Gasteiger partial charge in [0.15, 0.2) is 0 Å². The first-order valence-electron chi connectivity index (χ1n) is 7.24. The van der Waals surface area contributed by atoms with Gasteiger partial charge in [0.1, 0.15) is 5.82 Å². The molecule has 20 heavy (non-hydrogen) atoms. The highest BCUT2D eigenvalue weighted by molar-refractivity contribution is 5.92. The molecule has 4 heteroatoms. The Bertz CT molecular complexity index is 625. The van der Waals surface area contributed by atoms with E-state index in [1.54, 1.807) is 12.1 Å². The van der Waals surface area contributed by atoms with Crippen LogP contribution in [0.25, 0.3) is 11.0 Å². The number of carboxylic acid groups (broad SMARTS) is 1. The molecule has 2 rings (SSSR count). The molecule has 0 unspecified atom stereocenters. The third kappa shape index (κ3) is 2.42. The lowest BCUT2D eigenvalue weighted by Gasteiger charge is -2.20. The molecule has 0 amide bonds. The molecule has 1 aromatic heterocycles. The summed E-state index contributed by atoms with van der Waals surface area (Å²) in [5.41, 5.74) is 2.11. The number of fused-ring (bicyclic) bond motifs is 1. The summed E-state index contributed by atoms with van der Waals surface area (Å²) < 4.78 is 2.28. The van der Waals surface area contributed by atoms with Crippen molar-refractivity contribution in [2.75, 3.05) is 0 Å². The second-order valence-corrected chi connectivity index (χ2v) is 5.47. The molecule has 0 radical (unpaired) electrons. The van der Waals surface area contributed by atoms with E-state index in [1.807, 2.05) is 6.07 Å². The van der Waals surface area contributed by atoms with Gasteiger partial charge in [-0.15, -0.1) is 0 Å². The summed E-state index contributed by atoms with van der Waals surface area (Å²) in [4.78, 5) is 15.8. The third-order valence-corrected chi connectivity index (χ3v) is 3.79. The zero-order valence-corrected chi connectivity index (χ0v) is 12.6. The number of carbonyl (C=O) groups is 1. The Hall–Kier alpha value is -1.84. The smallest absolute Gasteiger partial charge is 0.335 e. The zero-order chi connectivity index (χ0) is 14.9. The Kier molecular flexibility index (Phi) is 4.12. The first-order valence-corrected chi connectivity index (χ1v) is 7.24. The predicted octanol–water partition coefficient (Wildman–Crippen LogP) is 4.22. The summed E-state index contributed by atoms with van der Waals surface area (Å²) in [7, 11) is 0. The molecule has 0 aliphatic rings. The van der Waals surface area contributed by atoms with Crippen LogP contribution < -0.4 is 0 Å². The fourth-order valence-corrected chi connectivity index (χ4v) is 2.70. The van der Waals surface area contributed by atoms with Crippen molar-refractivity contribution in [3.8, 4) is 0 Å². The lowest BCUT2D eigenvalue weighted by Crippen LogP contribution is -2.12. The zero-order valence-electron chi connectivity index (χ0n) is 12.6. The van der Waals surface area contributed by atoms with E-state index < -0.39 is 5.97 Å². The van der Waals surface area contributed by atoms with Crippen LogP contribution >= 0.6 is 0 Å². The quantitative estimate of drug-likeness (QED) is 0.888. The Morgan fingerprint density at radius 3 is 2.45 bits per heavy atom. The standard InChI is InChI=1S/C16H22N2O2/c1-5-12(6-2)18-14-8-7-11(16(19)20)9-13(14)17-15(18)10(3)4/h7-10,12H,5-6H2,1-4H3,(H,19,20). The fourth-order valence-electron chi connectivity index (χ4n) is 2.70. The first kappa shape index (κ1) is 14.6. The summed E-state index contributed by atoms with van der Waals surface area (Å²) in [6.07, 6.45) is 2.09. The number of carboxylic acids is 1. The van der Waals surface area contributed by atoms with Gasteiger partial charge in [-0.1, -0.05) is 27.7 Å². The number of rotatable bonds is 5. The molecule has 0 fully saturated rings. The van der Waals surface area contributed by atoms with Crippen LogP contribution in [0.1, 0.15) is 68.7 Å². The highest BCUT2D eigenvalue weighted by Crippen LogP contribution is 2.29. The molecule has 4 nitrogen and oxygen atoms in total. The topological polar surface area (TPSA) is 55.1 Å². The lowest BCUT2D eigenvalue weighted by molar-refractivity contribution is 0.0697. The molecule has 0 aliphatic carbocycles. The summed E-state index contributed by atoms with van der Waals surface area (Å²) >= 11 is 0. The van der Waals surface area contributed by atoms with Gasteiger partial charge >= 0.3 is 5.97 Å². The van der Waals surface area contributed by atoms with E-state index in [2.05, 4.69) is 37.2 Å². The van der Waals surface area contributed by atoms with Crippen molar-refractivity contribution in [2.24, 2.45) is 0 Å². The van der Waals surface area contributed by atoms with E-state index in [9.17, 15) is 4.79 Å². The molecule has 0 saturated heterocycles. The summed E-state index contributed by atoms with van der Waals surface area (Å²) in [5, 5.41) is 9.10. The molecule has 0 spiro atoms. The van der Waals surface area contributed by atoms with E-state index in [0.717, 1.165) is 29.7 Å². The van der Waals surface area contributed by atoms with Gasteiger partial charge in [0.2, 0.25) is 0 Å². The molecule has 0 aliphatic heterocycles. The van der Waals surface area contributed by atoms with Crippen LogP contribution in [-0.2, 0) is 0 Å². The molecular weight excluding hydrogens is 252 g/mol. The Morgan fingerprint density at radius 1 is 1.30 bits per heavy atom. The maximum atomic E-state index is 11.1. The van der Waals surface area contributed by atoms with Crippen LogP contribution in [0.5, 0.6) is 0 Å². The number of benzene rings is 1. The largest absolute Gasteiger partial charge is 0.478 e. The van der Waals surface area contributed by atoms with Gasteiger partial charge in [-0.3, -0.25) is 0 Å². The first-order chi connectivity index (χ1) is 9.49. The molecule has 0 atom stereocenters. The van der Waals surface area contributed by atoms with E-state index in [0.29, 0.717) is 17.5 Å². The number of nitrogens with zero attached hydrogens (tertiary/aromatic N) is 2. The lowest BCUT2D eigenvalue weighted by atomic mass is 10.1. The van der Waals surface area contributed by atoms with Gasteiger partial charge in [0, 0.05) is 12.0 Å². The van der Waals surface area contributed by atoms with Crippen molar-refractivity contribution in [1.29, 1.82) is 0 Å². The maximum Gasteiger partial charge on any atom is 0.335 e. The minimum absolute atomic E-state index is 0.294. The van der Waals surface area contributed by atoms with E-state index in [-0.39, 0.29) is 0 Å². The second kappa shape index (κ2) is 5.65. The van der Waals surface area contributed by atoms with Crippen LogP contribution in [-0.4, -0.2) is 20.6 Å². The van der Waals surface area contributed by atoms with Crippen LogP contribution in [0.3, 0.4) is 0 Å². The predicted molar refractivity (Wildman–Crippen MR) is 80.4 cm³/mol. The molecule has 0 saturated carbocycles. The number of aromatic carboxylic acids is 1. The second-order valence-electron chi connectivity index (χ2n) is 5.47.